The lowest BCUT2D eigenvalue weighted by molar-refractivity contribution is 0.256. The third-order valence-corrected chi connectivity index (χ3v) is 4.33. The first kappa shape index (κ1) is 14.6. The van der Waals surface area contributed by atoms with E-state index in [2.05, 4.69) is 4.98 Å². The van der Waals surface area contributed by atoms with Gasteiger partial charge < -0.3 is 5.73 Å². The van der Waals surface area contributed by atoms with Gasteiger partial charge in [0.15, 0.2) is 5.13 Å². The van der Waals surface area contributed by atoms with Crippen LogP contribution in [0.2, 0.25) is 5.02 Å². The summed E-state index contributed by atoms with van der Waals surface area (Å²) in [7, 11) is 0. The van der Waals surface area contributed by atoms with Gasteiger partial charge >= 0.3 is 6.03 Å². The van der Waals surface area contributed by atoms with Gasteiger partial charge in [-0.1, -0.05) is 53.3 Å². The lowest BCUT2D eigenvalue weighted by Gasteiger charge is -2.17. The van der Waals surface area contributed by atoms with E-state index in [-0.39, 0.29) is 0 Å². The molecule has 2 N–H and O–H groups in total. The number of anilines is 2. The molecule has 0 bridgehead atoms. The summed E-state index contributed by atoms with van der Waals surface area (Å²) < 4.78 is 0. The fraction of sp³-hybridized carbons (Fsp3) is 0. The highest BCUT2D eigenvalue weighted by atomic mass is 35.5. The van der Waals surface area contributed by atoms with Crippen LogP contribution in [0.25, 0.3) is 10.4 Å². The van der Waals surface area contributed by atoms with Crippen molar-refractivity contribution in [2.75, 3.05) is 4.90 Å². The molecule has 0 aliphatic rings. The molecule has 3 rings (SSSR count). The lowest BCUT2D eigenvalue weighted by atomic mass is 10.2. The third kappa shape index (κ3) is 2.95. The van der Waals surface area contributed by atoms with E-state index in [0.29, 0.717) is 15.8 Å². The number of benzene rings is 2. The van der Waals surface area contributed by atoms with Crippen molar-refractivity contribution in [2.45, 2.75) is 0 Å². The standard InChI is InChI=1S/C16H12ClN3OS/c17-12-6-8-13(9-7-12)20(15(18)21)16-19-10-14(22-16)11-4-2-1-3-5-11/h1-10H,(H2,18,21). The van der Waals surface area contributed by atoms with Crippen molar-refractivity contribution in [2.24, 2.45) is 5.73 Å². The van der Waals surface area contributed by atoms with Crippen LogP contribution in [0.15, 0.2) is 60.8 Å². The van der Waals surface area contributed by atoms with Crippen LogP contribution in [0, 0.1) is 0 Å². The topological polar surface area (TPSA) is 59.2 Å². The molecular formula is C16H12ClN3OS. The van der Waals surface area contributed by atoms with Crippen molar-refractivity contribution < 1.29 is 4.79 Å². The summed E-state index contributed by atoms with van der Waals surface area (Å²) in [6.45, 7) is 0. The quantitative estimate of drug-likeness (QED) is 0.758. The number of rotatable bonds is 3. The van der Waals surface area contributed by atoms with Gasteiger partial charge in [-0.3, -0.25) is 0 Å². The molecule has 0 aliphatic heterocycles. The Morgan fingerprint density at radius 3 is 2.41 bits per heavy atom. The summed E-state index contributed by atoms with van der Waals surface area (Å²) in [5, 5.41) is 1.12. The minimum Gasteiger partial charge on any atom is -0.351 e. The van der Waals surface area contributed by atoms with E-state index in [1.165, 1.54) is 16.2 Å². The second kappa shape index (κ2) is 6.17. The van der Waals surface area contributed by atoms with E-state index < -0.39 is 6.03 Å². The predicted molar refractivity (Wildman–Crippen MR) is 90.7 cm³/mol. The van der Waals surface area contributed by atoms with Gasteiger partial charge in [0.25, 0.3) is 0 Å². The molecule has 22 heavy (non-hydrogen) atoms. The van der Waals surface area contributed by atoms with Crippen LogP contribution in [0.3, 0.4) is 0 Å². The Hall–Kier alpha value is -2.37. The average Bonchev–Trinajstić information content (AvgIpc) is 2.99. The summed E-state index contributed by atoms with van der Waals surface area (Å²) in [5.74, 6) is 0. The number of aromatic nitrogens is 1. The van der Waals surface area contributed by atoms with E-state index in [9.17, 15) is 4.79 Å². The van der Waals surface area contributed by atoms with Gasteiger partial charge in [0, 0.05) is 11.2 Å². The molecule has 3 aromatic rings. The molecular weight excluding hydrogens is 318 g/mol. The highest BCUT2D eigenvalue weighted by Crippen LogP contribution is 2.34. The Labute approximate surface area is 136 Å². The normalized spacial score (nSPS) is 10.4. The maximum atomic E-state index is 11.8. The average molecular weight is 330 g/mol. The van der Waals surface area contributed by atoms with Crippen LogP contribution >= 0.6 is 22.9 Å². The van der Waals surface area contributed by atoms with Crippen molar-refractivity contribution in [3.63, 3.8) is 0 Å². The van der Waals surface area contributed by atoms with Crippen LogP contribution < -0.4 is 10.6 Å². The molecule has 0 spiro atoms. The van der Waals surface area contributed by atoms with Crippen LogP contribution in [-0.2, 0) is 0 Å². The second-order valence-corrected chi connectivity index (χ2v) is 5.97. The Bertz CT molecular complexity index is 787. The molecule has 1 aromatic heterocycles. The molecule has 0 saturated carbocycles. The van der Waals surface area contributed by atoms with Gasteiger partial charge in [-0.15, -0.1) is 0 Å². The van der Waals surface area contributed by atoms with Gasteiger partial charge in [0.1, 0.15) is 0 Å². The molecule has 0 atom stereocenters. The molecule has 2 aromatic carbocycles. The Balaban J connectivity index is 1.98. The Morgan fingerprint density at radius 1 is 1.09 bits per heavy atom. The summed E-state index contributed by atoms with van der Waals surface area (Å²) in [6, 6.07) is 16.2. The summed E-state index contributed by atoms with van der Waals surface area (Å²) in [4.78, 5) is 18.5. The Morgan fingerprint density at radius 2 is 1.77 bits per heavy atom. The van der Waals surface area contributed by atoms with Crippen LogP contribution in [0.5, 0.6) is 0 Å². The fourth-order valence-corrected chi connectivity index (χ4v) is 3.10. The molecule has 0 radical (unpaired) electrons. The fourth-order valence-electron chi connectivity index (χ4n) is 2.03. The van der Waals surface area contributed by atoms with Crippen molar-refractivity contribution in [3.8, 4) is 10.4 Å². The summed E-state index contributed by atoms with van der Waals surface area (Å²) >= 11 is 7.28. The molecule has 0 fully saturated rings. The molecule has 0 aliphatic carbocycles. The zero-order chi connectivity index (χ0) is 15.5. The number of nitrogens with two attached hydrogens (primary N) is 1. The highest BCUT2D eigenvalue weighted by Gasteiger charge is 2.19. The zero-order valence-corrected chi connectivity index (χ0v) is 13.0. The molecule has 0 saturated heterocycles. The second-order valence-electron chi connectivity index (χ2n) is 4.52. The molecule has 1 heterocycles. The number of urea groups is 1. The number of nitrogens with zero attached hydrogens (tertiary/aromatic N) is 2. The van der Waals surface area contributed by atoms with Crippen molar-refractivity contribution >= 4 is 39.8 Å². The first-order valence-corrected chi connectivity index (χ1v) is 7.71. The van der Waals surface area contributed by atoms with E-state index in [4.69, 9.17) is 17.3 Å². The predicted octanol–water partition coefficient (Wildman–Crippen LogP) is 4.68. The number of amides is 2. The number of thiazole rings is 1. The van der Waals surface area contributed by atoms with Gasteiger partial charge in [-0.2, -0.15) is 0 Å². The van der Waals surface area contributed by atoms with E-state index >= 15 is 0 Å². The molecule has 2 amide bonds. The van der Waals surface area contributed by atoms with Gasteiger partial charge in [-0.05, 0) is 29.8 Å². The monoisotopic (exact) mass is 329 g/mol. The minimum absolute atomic E-state index is 0.522. The number of hydrogen-bond donors (Lipinski definition) is 1. The third-order valence-electron chi connectivity index (χ3n) is 3.05. The van der Waals surface area contributed by atoms with Crippen LogP contribution in [0.1, 0.15) is 0 Å². The van der Waals surface area contributed by atoms with Gasteiger partial charge in [-0.25, -0.2) is 14.7 Å². The SMILES string of the molecule is NC(=O)N(c1ccc(Cl)cc1)c1ncc(-c2ccccc2)s1. The van der Waals surface area contributed by atoms with E-state index in [1.807, 2.05) is 30.3 Å². The van der Waals surface area contributed by atoms with E-state index in [1.54, 1.807) is 30.5 Å². The Kier molecular flexibility index (Phi) is 4.09. The maximum Gasteiger partial charge on any atom is 0.325 e. The number of carbonyl (C=O) groups is 1. The van der Waals surface area contributed by atoms with E-state index in [0.717, 1.165) is 10.4 Å². The minimum atomic E-state index is -0.587. The number of primary amides is 1. The smallest absolute Gasteiger partial charge is 0.325 e. The van der Waals surface area contributed by atoms with Crippen molar-refractivity contribution in [1.29, 1.82) is 0 Å². The maximum absolute atomic E-state index is 11.8. The van der Waals surface area contributed by atoms with Gasteiger partial charge in [0.05, 0.1) is 10.6 Å². The lowest BCUT2D eigenvalue weighted by Crippen LogP contribution is -2.31. The van der Waals surface area contributed by atoms with Crippen LogP contribution in [-0.4, -0.2) is 11.0 Å². The highest BCUT2D eigenvalue weighted by molar-refractivity contribution is 7.19. The molecule has 6 heteroatoms. The zero-order valence-electron chi connectivity index (χ0n) is 11.4. The number of carbonyl (C=O) groups excluding carboxylic acids is 1. The number of hydrogen-bond acceptors (Lipinski definition) is 3. The summed E-state index contributed by atoms with van der Waals surface area (Å²) in [5.41, 5.74) is 7.19. The van der Waals surface area contributed by atoms with Gasteiger partial charge in [0.2, 0.25) is 0 Å². The van der Waals surface area contributed by atoms with Crippen LogP contribution in [0.4, 0.5) is 15.6 Å². The first-order chi connectivity index (χ1) is 10.6. The largest absolute Gasteiger partial charge is 0.351 e. The van der Waals surface area contributed by atoms with Crippen molar-refractivity contribution in [3.05, 3.63) is 65.8 Å². The molecule has 0 unspecified atom stereocenters. The van der Waals surface area contributed by atoms with Crippen molar-refractivity contribution in [1.82, 2.24) is 4.98 Å². The molecule has 110 valence electrons. The summed E-state index contributed by atoms with van der Waals surface area (Å²) in [6.07, 6.45) is 1.74. The first-order valence-electron chi connectivity index (χ1n) is 6.51. The molecule has 4 nitrogen and oxygen atoms in total. The number of halogens is 1.